The van der Waals surface area contributed by atoms with Crippen molar-refractivity contribution < 1.29 is 14.0 Å². The molecule has 0 spiro atoms. The van der Waals surface area contributed by atoms with Crippen LogP contribution in [0.2, 0.25) is 0 Å². The lowest BCUT2D eigenvalue weighted by molar-refractivity contribution is 0.669. The van der Waals surface area contributed by atoms with Gasteiger partial charge in [-0.1, -0.05) is 103 Å². The molecule has 0 atom stereocenters. The minimum atomic E-state index is -0.396. The molecule has 0 bridgehead atoms. The van der Waals surface area contributed by atoms with Crippen LogP contribution in [0.25, 0.3) is 65.7 Å². The highest BCUT2D eigenvalue weighted by Crippen LogP contribution is 2.44. The summed E-state index contributed by atoms with van der Waals surface area (Å²) in [6.07, 6.45) is 0. The van der Waals surface area contributed by atoms with E-state index in [1.54, 1.807) is 12.1 Å². The third kappa shape index (κ3) is 2.73. The molecular formula is C32H20O. The molecule has 0 aliphatic heterocycles. The van der Waals surface area contributed by atoms with Crippen LogP contribution >= 0.6 is 0 Å². The molecule has 0 fully saturated rings. The summed E-state index contributed by atoms with van der Waals surface area (Å²) in [6.45, 7) is 0. The van der Waals surface area contributed by atoms with Gasteiger partial charge in [-0.05, 0) is 61.9 Å². The first kappa shape index (κ1) is 12.6. The fourth-order valence-corrected chi connectivity index (χ4v) is 4.70. The standard InChI is InChI=1S/C32H20O/c1-2-10-21(11-3-1)31-24-13-4-6-15-26(24)32(27-16-7-5-14-25(27)31)22-18-19-30-28(20-22)23-12-8-9-17-29(23)33-30/h1-20H/i4D,6D,13D,15D,18D,19D,20D. The van der Waals surface area contributed by atoms with Gasteiger partial charge in [0.2, 0.25) is 0 Å². The lowest BCUT2D eigenvalue weighted by Gasteiger charge is -2.17. The quantitative estimate of drug-likeness (QED) is 0.251. The molecule has 1 aromatic heterocycles. The second kappa shape index (κ2) is 7.08. The third-order valence-corrected chi connectivity index (χ3v) is 6.11. The minimum Gasteiger partial charge on any atom is -0.456 e. The zero-order chi connectivity index (χ0) is 27.9. The summed E-state index contributed by atoms with van der Waals surface area (Å²) < 4.78 is 68.2. The van der Waals surface area contributed by atoms with Gasteiger partial charge in [-0.2, -0.15) is 0 Å². The first-order chi connectivity index (χ1) is 19.3. The van der Waals surface area contributed by atoms with Gasteiger partial charge in [-0.25, -0.2) is 0 Å². The highest BCUT2D eigenvalue weighted by atomic mass is 16.3. The van der Waals surface area contributed by atoms with E-state index in [9.17, 15) is 1.37 Å². The summed E-state index contributed by atoms with van der Waals surface area (Å²) in [6, 6.07) is 22.4. The second-order valence-corrected chi connectivity index (χ2v) is 7.96. The van der Waals surface area contributed by atoms with Gasteiger partial charge in [0.1, 0.15) is 11.2 Å². The Morgan fingerprint density at radius 1 is 0.455 bits per heavy atom. The predicted octanol–water partition coefficient (Wildman–Crippen LogP) is 9.23. The fraction of sp³-hybridized carbons (Fsp3) is 0. The average Bonchev–Trinajstić information content (AvgIpc) is 3.38. The van der Waals surface area contributed by atoms with E-state index >= 15 is 0 Å². The molecule has 154 valence electrons. The Morgan fingerprint density at radius 3 is 1.79 bits per heavy atom. The maximum atomic E-state index is 9.35. The van der Waals surface area contributed by atoms with Crippen LogP contribution in [0.3, 0.4) is 0 Å². The van der Waals surface area contributed by atoms with Crippen molar-refractivity contribution in [2.24, 2.45) is 0 Å². The van der Waals surface area contributed by atoms with Crippen molar-refractivity contribution in [2.75, 3.05) is 0 Å². The Morgan fingerprint density at radius 2 is 1.06 bits per heavy atom. The molecule has 33 heavy (non-hydrogen) atoms. The highest BCUT2D eigenvalue weighted by molar-refractivity contribution is 6.22. The van der Waals surface area contributed by atoms with Gasteiger partial charge < -0.3 is 4.42 Å². The maximum absolute atomic E-state index is 9.35. The lowest BCUT2D eigenvalue weighted by atomic mass is 9.86. The van der Waals surface area contributed by atoms with Crippen LogP contribution in [0.1, 0.15) is 9.60 Å². The number of hydrogen-bond donors (Lipinski definition) is 0. The van der Waals surface area contributed by atoms with Gasteiger partial charge in [0, 0.05) is 10.8 Å². The summed E-state index contributed by atoms with van der Waals surface area (Å²) in [5.74, 6) is 0. The van der Waals surface area contributed by atoms with Crippen LogP contribution in [0.15, 0.2) is 126 Å². The second-order valence-electron chi connectivity index (χ2n) is 7.96. The first-order valence-corrected chi connectivity index (χ1v) is 10.7. The van der Waals surface area contributed by atoms with E-state index in [0.717, 1.165) is 10.9 Å². The van der Waals surface area contributed by atoms with Crippen molar-refractivity contribution in [1.82, 2.24) is 0 Å². The number of fused-ring (bicyclic) bond motifs is 5. The minimum absolute atomic E-state index is 0.0210. The molecule has 1 heterocycles. The highest BCUT2D eigenvalue weighted by Gasteiger charge is 2.17. The number of rotatable bonds is 2. The van der Waals surface area contributed by atoms with Gasteiger partial charge in [0.25, 0.3) is 0 Å². The Labute approximate surface area is 201 Å². The topological polar surface area (TPSA) is 13.1 Å². The van der Waals surface area contributed by atoms with Gasteiger partial charge in [0.15, 0.2) is 0 Å². The summed E-state index contributed by atoms with van der Waals surface area (Å²) in [7, 11) is 0. The van der Waals surface area contributed by atoms with Crippen LogP contribution in [0.4, 0.5) is 0 Å². The monoisotopic (exact) mass is 427 g/mol. The molecule has 6 aromatic carbocycles. The number of para-hydroxylation sites is 1. The van der Waals surface area contributed by atoms with Crippen molar-refractivity contribution >= 4 is 43.5 Å². The van der Waals surface area contributed by atoms with Crippen LogP contribution in [0.5, 0.6) is 0 Å². The van der Waals surface area contributed by atoms with Crippen molar-refractivity contribution in [1.29, 1.82) is 0 Å². The molecule has 1 heteroatoms. The van der Waals surface area contributed by atoms with Gasteiger partial charge >= 0.3 is 0 Å². The summed E-state index contributed by atoms with van der Waals surface area (Å²) in [4.78, 5) is 0. The van der Waals surface area contributed by atoms with Crippen molar-refractivity contribution in [3.8, 4) is 22.3 Å². The molecular weight excluding hydrogens is 400 g/mol. The molecule has 7 rings (SSSR count). The third-order valence-electron chi connectivity index (χ3n) is 6.11. The molecule has 0 amide bonds. The first-order valence-electron chi connectivity index (χ1n) is 14.2. The van der Waals surface area contributed by atoms with Crippen LogP contribution in [-0.2, 0) is 0 Å². The summed E-state index contributed by atoms with van der Waals surface area (Å²) in [5, 5.41) is 2.94. The van der Waals surface area contributed by atoms with Crippen molar-refractivity contribution in [2.45, 2.75) is 0 Å². The zero-order valence-electron chi connectivity index (χ0n) is 24.4. The zero-order valence-corrected chi connectivity index (χ0v) is 17.4. The van der Waals surface area contributed by atoms with E-state index < -0.39 is 6.04 Å². The van der Waals surface area contributed by atoms with Gasteiger partial charge in [0.05, 0.1) is 9.60 Å². The molecule has 7 aromatic rings. The SMILES string of the molecule is [2H]c1c(-c2c3ccccc3c(-c3ccccc3)c3c([2H])c([2H])c([2H])c([2H])c23)c([2H])c2c(oc3ccccc32)c1[2H]. The van der Waals surface area contributed by atoms with E-state index in [2.05, 4.69) is 0 Å². The Bertz CT molecular complexity index is 2180. The molecule has 0 aliphatic carbocycles. The van der Waals surface area contributed by atoms with Crippen LogP contribution in [0, 0.1) is 0 Å². The Hall–Kier alpha value is -4.36. The van der Waals surface area contributed by atoms with Crippen molar-refractivity contribution in [3.63, 3.8) is 0 Å². The molecule has 0 unspecified atom stereocenters. The summed E-state index contributed by atoms with van der Waals surface area (Å²) >= 11 is 0. The average molecular weight is 428 g/mol. The van der Waals surface area contributed by atoms with Gasteiger partial charge in [-0.3, -0.25) is 0 Å². The van der Waals surface area contributed by atoms with Crippen LogP contribution in [-0.4, -0.2) is 0 Å². The smallest absolute Gasteiger partial charge is 0.135 e. The molecule has 0 saturated carbocycles. The maximum Gasteiger partial charge on any atom is 0.135 e. The van der Waals surface area contributed by atoms with E-state index in [1.807, 2.05) is 66.7 Å². The van der Waals surface area contributed by atoms with E-state index in [4.69, 9.17) is 12.6 Å². The predicted molar refractivity (Wildman–Crippen MR) is 140 cm³/mol. The van der Waals surface area contributed by atoms with E-state index in [1.165, 1.54) is 0 Å². The number of benzene rings is 6. The largest absolute Gasteiger partial charge is 0.456 e. The lowest BCUT2D eigenvalue weighted by Crippen LogP contribution is -1.90. The Balaban J connectivity index is 1.80. The number of furan rings is 1. The van der Waals surface area contributed by atoms with Gasteiger partial charge in [-0.15, -0.1) is 0 Å². The molecule has 0 aliphatic rings. The van der Waals surface area contributed by atoms with Crippen molar-refractivity contribution in [3.05, 3.63) is 121 Å². The molecule has 0 saturated heterocycles. The van der Waals surface area contributed by atoms with E-state index in [0.29, 0.717) is 38.3 Å². The fourth-order valence-electron chi connectivity index (χ4n) is 4.70. The number of hydrogen-bond acceptors (Lipinski definition) is 1. The molecule has 1 nitrogen and oxygen atoms in total. The normalized spacial score (nSPS) is 14.6. The summed E-state index contributed by atoms with van der Waals surface area (Å²) in [5.41, 5.74) is 2.57. The molecule has 0 radical (unpaired) electrons. The van der Waals surface area contributed by atoms with Crippen LogP contribution < -0.4 is 0 Å². The Kier molecular flexibility index (Phi) is 2.71. The van der Waals surface area contributed by atoms with E-state index in [-0.39, 0.29) is 52.8 Å². The molecule has 0 N–H and O–H groups in total.